The van der Waals surface area contributed by atoms with Gasteiger partial charge in [-0.1, -0.05) is 0 Å². The predicted molar refractivity (Wildman–Crippen MR) is 59.6 cm³/mol. The minimum absolute atomic E-state index is 0.379. The van der Waals surface area contributed by atoms with Gasteiger partial charge in [-0.05, 0) is 18.6 Å². The Labute approximate surface area is 93.2 Å². The van der Waals surface area contributed by atoms with Crippen LogP contribution < -0.4 is 5.32 Å². The van der Waals surface area contributed by atoms with Gasteiger partial charge in [0, 0.05) is 25.0 Å². The van der Waals surface area contributed by atoms with E-state index >= 15 is 0 Å². The first kappa shape index (κ1) is 10.2. The Morgan fingerprint density at radius 1 is 1.50 bits per heavy atom. The zero-order valence-electron chi connectivity index (χ0n) is 8.86. The summed E-state index contributed by atoms with van der Waals surface area (Å²) in [6.07, 6.45) is 3.77. The Morgan fingerprint density at radius 2 is 2.38 bits per heavy atom. The molecular formula is C11H11N5. The van der Waals surface area contributed by atoms with E-state index in [9.17, 15) is 0 Å². The molecule has 0 aromatic carbocycles. The largest absolute Gasteiger partial charge is 0.367 e. The smallest absolute Gasteiger partial charge is 0.146 e. The van der Waals surface area contributed by atoms with Crippen molar-refractivity contribution >= 4 is 5.82 Å². The van der Waals surface area contributed by atoms with Gasteiger partial charge in [0.2, 0.25) is 0 Å². The molecule has 0 saturated carbocycles. The van der Waals surface area contributed by atoms with Crippen molar-refractivity contribution in [3.8, 4) is 6.07 Å². The van der Waals surface area contributed by atoms with Gasteiger partial charge in [0.1, 0.15) is 23.4 Å². The van der Waals surface area contributed by atoms with Crippen molar-refractivity contribution < 1.29 is 0 Å². The van der Waals surface area contributed by atoms with Crippen LogP contribution >= 0.6 is 0 Å². The van der Waals surface area contributed by atoms with Crippen LogP contribution in [-0.4, -0.2) is 15.0 Å². The summed E-state index contributed by atoms with van der Waals surface area (Å²) in [4.78, 5) is 11.2. The summed E-state index contributed by atoms with van der Waals surface area (Å²) in [5.74, 6) is 1.26. The average molecular weight is 213 g/mol. The Bertz CT molecular complexity index is 510. The third kappa shape index (κ3) is 2.36. The average Bonchev–Trinajstić information content (AvgIpc) is 2.78. The number of hydrogen-bond acceptors (Lipinski definition) is 4. The predicted octanol–water partition coefficient (Wildman–Crippen LogP) is 1.60. The Kier molecular flexibility index (Phi) is 2.83. The molecule has 0 bridgehead atoms. The summed E-state index contributed by atoms with van der Waals surface area (Å²) < 4.78 is 0. The van der Waals surface area contributed by atoms with Gasteiger partial charge < -0.3 is 10.3 Å². The van der Waals surface area contributed by atoms with E-state index in [0.29, 0.717) is 23.9 Å². The third-order valence-electron chi connectivity index (χ3n) is 2.09. The molecule has 0 atom stereocenters. The lowest BCUT2D eigenvalue weighted by Gasteiger charge is -2.04. The van der Waals surface area contributed by atoms with E-state index < -0.39 is 0 Å². The minimum atomic E-state index is 0.379. The van der Waals surface area contributed by atoms with Crippen LogP contribution in [0.15, 0.2) is 24.5 Å². The van der Waals surface area contributed by atoms with Gasteiger partial charge in [-0.3, -0.25) is 0 Å². The molecule has 5 heteroatoms. The van der Waals surface area contributed by atoms with Crippen LogP contribution in [0.4, 0.5) is 5.82 Å². The lowest BCUT2D eigenvalue weighted by Crippen LogP contribution is -2.03. The topological polar surface area (TPSA) is 77.4 Å². The molecule has 0 aliphatic heterocycles. The second-order valence-electron chi connectivity index (χ2n) is 3.37. The molecule has 2 N–H and O–H groups in total. The van der Waals surface area contributed by atoms with Crippen molar-refractivity contribution in [3.05, 3.63) is 41.6 Å². The first-order valence-electron chi connectivity index (χ1n) is 4.89. The molecular weight excluding hydrogens is 202 g/mol. The molecule has 0 fully saturated rings. The van der Waals surface area contributed by atoms with Crippen LogP contribution in [0, 0.1) is 18.3 Å². The van der Waals surface area contributed by atoms with Gasteiger partial charge in [0.15, 0.2) is 0 Å². The molecule has 16 heavy (non-hydrogen) atoms. The van der Waals surface area contributed by atoms with Gasteiger partial charge in [-0.15, -0.1) is 0 Å². The standard InChI is InChI=1S/C11H11N5/c1-8-15-10(5-12)4-11(16-8)14-7-9-2-3-13-6-9/h2-4,6,13H,7H2,1H3,(H,14,15,16). The highest BCUT2D eigenvalue weighted by Crippen LogP contribution is 2.07. The van der Waals surface area contributed by atoms with Gasteiger partial charge in [-0.25, -0.2) is 9.97 Å². The first-order valence-corrected chi connectivity index (χ1v) is 4.89. The summed E-state index contributed by atoms with van der Waals surface area (Å²) in [6.45, 7) is 2.44. The maximum Gasteiger partial charge on any atom is 0.146 e. The number of anilines is 1. The molecule has 0 saturated heterocycles. The van der Waals surface area contributed by atoms with E-state index in [-0.39, 0.29) is 0 Å². The maximum atomic E-state index is 8.77. The van der Waals surface area contributed by atoms with E-state index in [4.69, 9.17) is 5.26 Å². The number of nitriles is 1. The van der Waals surface area contributed by atoms with E-state index in [2.05, 4.69) is 20.3 Å². The fourth-order valence-electron chi connectivity index (χ4n) is 1.38. The van der Waals surface area contributed by atoms with E-state index in [1.54, 1.807) is 13.0 Å². The van der Waals surface area contributed by atoms with Crippen LogP contribution in [-0.2, 0) is 6.54 Å². The van der Waals surface area contributed by atoms with Crippen LogP contribution in [0.25, 0.3) is 0 Å². The fourth-order valence-corrected chi connectivity index (χ4v) is 1.38. The van der Waals surface area contributed by atoms with Gasteiger partial charge in [0.05, 0.1) is 0 Å². The summed E-state index contributed by atoms with van der Waals surface area (Å²) in [5, 5.41) is 11.9. The molecule has 0 aliphatic rings. The van der Waals surface area contributed by atoms with Crippen molar-refractivity contribution in [1.82, 2.24) is 15.0 Å². The van der Waals surface area contributed by atoms with Crippen LogP contribution in [0.3, 0.4) is 0 Å². The highest BCUT2D eigenvalue weighted by atomic mass is 15.0. The molecule has 2 rings (SSSR count). The highest BCUT2D eigenvalue weighted by Gasteiger charge is 2.01. The zero-order valence-corrected chi connectivity index (χ0v) is 8.86. The van der Waals surface area contributed by atoms with E-state index in [0.717, 1.165) is 5.56 Å². The minimum Gasteiger partial charge on any atom is -0.367 e. The van der Waals surface area contributed by atoms with Crippen LogP contribution in [0.2, 0.25) is 0 Å². The van der Waals surface area contributed by atoms with Crippen molar-refractivity contribution in [2.24, 2.45) is 0 Å². The molecule has 0 amide bonds. The molecule has 2 aromatic heterocycles. The van der Waals surface area contributed by atoms with Crippen molar-refractivity contribution in [2.75, 3.05) is 5.32 Å². The van der Waals surface area contributed by atoms with Crippen LogP contribution in [0.1, 0.15) is 17.1 Å². The molecule has 2 heterocycles. The molecule has 0 aliphatic carbocycles. The van der Waals surface area contributed by atoms with Crippen molar-refractivity contribution in [1.29, 1.82) is 5.26 Å². The molecule has 0 unspecified atom stereocenters. The summed E-state index contributed by atoms with van der Waals surface area (Å²) >= 11 is 0. The first-order chi connectivity index (χ1) is 7.78. The quantitative estimate of drug-likeness (QED) is 0.811. The van der Waals surface area contributed by atoms with Crippen molar-refractivity contribution in [3.63, 3.8) is 0 Å². The lowest BCUT2D eigenvalue weighted by atomic mass is 10.3. The fraction of sp³-hybridized carbons (Fsp3) is 0.182. The Hall–Kier alpha value is -2.35. The molecule has 2 aromatic rings. The number of aromatic amines is 1. The summed E-state index contributed by atoms with van der Waals surface area (Å²) in [6, 6.07) is 5.62. The molecule has 5 nitrogen and oxygen atoms in total. The van der Waals surface area contributed by atoms with E-state index in [1.165, 1.54) is 0 Å². The number of aryl methyl sites for hydroxylation is 1. The normalized spacial score (nSPS) is 9.75. The van der Waals surface area contributed by atoms with E-state index in [1.807, 2.05) is 24.5 Å². The summed E-state index contributed by atoms with van der Waals surface area (Å²) in [7, 11) is 0. The number of nitrogens with one attached hydrogen (secondary N) is 2. The SMILES string of the molecule is Cc1nc(C#N)cc(NCc2cc[nH]c2)n1. The van der Waals surface area contributed by atoms with Gasteiger partial charge in [-0.2, -0.15) is 5.26 Å². The summed E-state index contributed by atoms with van der Waals surface area (Å²) in [5.41, 5.74) is 1.51. The zero-order chi connectivity index (χ0) is 11.4. The Morgan fingerprint density at radius 3 is 3.06 bits per heavy atom. The lowest BCUT2D eigenvalue weighted by molar-refractivity contribution is 1.01. The highest BCUT2D eigenvalue weighted by molar-refractivity contribution is 5.40. The second-order valence-corrected chi connectivity index (χ2v) is 3.37. The van der Waals surface area contributed by atoms with Gasteiger partial charge in [0.25, 0.3) is 0 Å². The molecule has 80 valence electrons. The number of aromatic nitrogens is 3. The molecule has 0 radical (unpaired) electrons. The number of nitrogens with zero attached hydrogens (tertiary/aromatic N) is 3. The number of rotatable bonds is 3. The van der Waals surface area contributed by atoms with Crippen LogP contribution in [0.5, 0.6) is 0 Å². The maximum absolute atomic E-state index is 8.77. The van der Waals surface area contributed by atoms with Crippen molar-refractivity contribution in [2.45, 2.75) is 13.5 Å². The monoisotopic (exact) mass is 213 g/mol. The van der Waals surface area contributed by atoms with Gasteiger partial charge >= 0.3 is 0 Å². The second kappa shape index (κ2) is 4.45. The Balaban J connectivity index is 2.10. The third-order valence-corrected chi connectivity index (χ3v) is 2.09. The number of H-pyrrole nitrogens is 1. The number of hydrogen-bond donors (Lipinski definition) is 2. The molecule has 0 spiro atoms.